The van der Waals surface area contributed by atoms with Crippen LogP contribution in [0.15, 0.2) is 48.5 Å². The molecule has 1 fully saturated rings. The molecule has 118 valence electrons. The van der Waals surface area contributed by atoms with Gasteiger partial charge in [-0.1, -0.05) is 36.4 Å². The third kappa shape index (κ3) is 2.07. The van der Waals surface area contributed by atoms with Gasteiger partial charge in [-0.3, -0.25) is 10.1 Å². The molecule has 4 rings (SSSR count). The Morgan fingerprint density at radius 1 is 1.22 bits per heavy atom. The maximum atomic E-state index is 13.1. The van der Waals surface area contributed by atoms with Crippen molar-refractivity contribution in [2.45, 2.75) is 17.5 Å². The summed E-state index contributed by atoms with van der Waals surface area (Å²) in [5.41, 5.74) is 1.78. The van der Waals surface area contributed by atoms with Crippen LogP contribution >= 0.6 is 12.6 Å². The highest BCUT2D eigenvalue weighted by molar-refractivity contribution is 7.80. The molecule has 1 amide bonds. The van der Waals surface area contributed by atoms with Crippen molar-refractivity contribution in [3.63, 3.8) is 0 Å². The van der Waals surface area contributed by atoms with Gasteiger partial charge in [0.05, 0.1) is 6.61 Å². The average molecular weight is 326 g/mol. The van der Waals surface area contributed by atoms with E-state index in [-0.39, 0.29) is 11.4 Å². The lowest BCUT2D eigenvalue weighted by molar-refractivity contribution is -0.130. The number of hydrogen-bond acceptors (Lipinski definition) is 4. The predicted molar refractivity (Wildman–Crippen MR) is 91.5 cm³/mol. The molecule has 2 aliphatic rings. The number of hydrogen-bond donors (Lipinski definition) is 2. The number of carbonyl (C=O) groups is 1. The molecule has 5 heteroatoms. The largest absolute Gasteiger partial charge is 0.493 e. The topological polar surface area (TPSA) is 41.6 Å². The number of amides is 1. The fourth-order valence-corrected chi connectivity index (χ4v) is 3.71. The van der Waals surface area contributed by atoms with Crippen molar-refractivity contribution in [2.24, 2.45) is 0 Å². The number of ether oxygens (including phenoxy) is 1. The molecule has 2 aromatic rings. The third-order valence-corrected chi connectivity index (χ3v) is 5.16. The molecule has 23 heavy (non-hydrogen) atoms. The lowest BCUT2D eigenvalue weighted by Crippen LogP contribution is -2.45. The van der Waals surface area contributed by atoms with Crippen molar-refractivity contribution in [1.82, 2.24) is 10.2 Å². The highest BCUT2D eigenvalue weighted by Crippen LogP contribution is 2.39. The van der Waals surface area contributed by atoms with E-state index in [1.165, 1.54) is 0 Å². The van der Waals surface area contributed by atoms with Crippen LogP contribution in [-0.2, 0) is 16.8 Å². The SMILES string of the molecule is CN1C(=O)C(c2ccccc2)(c2ccc3c(c2)CCO3)NC1S. The Hall–Kier alpha value is -1.98. The number of likely N-dealkylation sites (N-methyl/N-ethyl adjacent to an activating group) is 1. The van der Waals surface area contributed by atoms with Gasteiger partial charge >= 0.3 is 0 Å². The van der Waals surface area contributed by atoms with Crippen molar-refractivity contribution in [3.8, 4) is 5.75 Å². The van der Waals surface area contributed by atoms with E-state index in [1.807, 2.05) is 42.5 Å². The smallest absolute Gasteiger partial charge is 0.253 e. The quantitative estimate of drug-likeness (QED) is 0.831. The molecule has 2 unspecified atom stereocenters. The Morgan fingerprint density at radius 2 is 2.00 bits per heavy atom. The lowest BCUT2D eigenvalue weighted by atomic mass is 9.82. The van der Waals surface area contributed by atoms with Crippen LogP contribution in [0.3, 0.4) is 0 Å². The zero-order chi connectivity index (χ0) is 16.0. The first kappa shape index (κ1) is 14.6. The van der Waals surface area contributed by atoms with Gasteiger partial charge < -0.3 is 9.64 Å². The fourth-order valence-electron chi connectivity index (χ4n) is 3.42. The molecule has 0 spiro atoms. The normalized spacial score (nSPS) is 26.3. The van der Waals surface area contributed by atoms with E-state index in [0.29, 0.717) is 6.61 Å². The molecule has 0 radical (unpaired) electrons. The monoisotopic (exact) mass is 326 g/mol. The maximum absolute atomic E-state index is 13.1. The van der Waals surface area contributed by atoms with Gasteiger partial charge in [-0.05, 0) is 28.8 Å². The zero-order valence-corrected chi connectivity index (χ0v) is 13.7. The molecule has 0 bridgehead atoms. The van der Waals surface area contributed by atoms with E-state index in [1.54, 1.807) is 11.9 Å². The van der Waals surface area contributed by atoms with Crippen LogP contribution in [-0.4, -0.2) is 30.0 Å². The first-order valence-corrected chi connectivity index (χ1v) is 8.19. The summed E-state index contributed by atoms with van der Waals surface area (Å²) in [5, 5.41) is 3.39. The Labute approximate surface area is 140 Å². The fraction of sp³-hybridized carbons (Fsp3) is 0.278. The Morgan fingerprint density at radius 3 is 2.70 bits per heavy atom. The van der Waals surface area contributed by atoms with Gasteiger partial charge in [0.1, 0.15) is 11.2 Å². The number of fused-ring (bicyclic) bond motifs is 1. The third-order valence-electron chi connectivity index (χ3n) is 4.68. The molecule has 0 aliphatic carbocycles. The molecule has 1 N–H and O–H groups in total. The van der Waals surface area contributed by atoms with Crippen LogP contribution in [0.25, 0.3) is 0 Å². The van der Waals surface area contributed by atoms with E-state index < -0.39 is 5.54 Å². The van der Waals surface area contributed by atoms with Crippen molar-refractivity contribution in [2.75, 3.05) is 13.7 Å². The molecule has 2 aromatic carbocycles. The minimum absolute atomic E-state index is 0.00238. The summed E-state index contributed by atoms with van der Waals surface area (Å²) in [6.45, 7) is 0.702. The molecule has 2 aliphatic heterocycles. The molecule has 0 saturated carbocycles. The number of carbonyl (C=O) groups excluding carboxylic acids is 1. The van der Waals surface area contributed by atoms with Gasteiger partial charge in [0, 0.05) is 13.5 Å². The highest BCUT2D eigenvalue weighted by atomic mass is 32.1. The van der Waals surface area contributed by atoms with Gasteiger partial charge in [-0.15, -0.1) is 12.6 Å². The highest BCUT2D eigenvalue weighted by Gasteiger charge is 2.51. The standard InChI is InChI=1S/C18H18N2O2S/c1-20-16(21)18(19-17(20)23,13-5-3-2-4-6-13)14-7-8-15-12(11-14)9-10-22-15/h2-8,11,17,19,23H,9-10H2,1H3. The zero-order valence-electron chi connectivity index (χ0n) is 12.8. The first-order chi connectivity index (χ1) is 11.1. The number of thiol groups is 1. The molecule has 4 nitrogen and oxygen atoms in total. The number of nitrogens with one attached hydrogen (secondary N) is 1. The van der Waals surface area contributed by atoms with Gasteiger partial charge in [0.25, 0.3) is 5.91 Å². The second-order valence-electron chi connectivity index (χ2n) is 5.97. The van der Waals surface area contributed by atoms with Gasteiger partial charge in [0.15, 0.2) is 5.54 Å². The summed E-state index contributed by atoms with van der Waals surface area (Å²) >= 11 is 4.51. The minimum atomic E-state index is -0.903. The summed E-state index contributed by atoms with van der Waals surface area (Å²) in [6, 6.07) is 15.8. The number of benzene rings is 2. The van der Waals surface area contributed by atoms with Crippen molar-refractivity contribution in [1.29, 1.82) is 0 Å². The van der Waals surface area contributed by atoms with Crippen LogP contribution in [0.5, 0.6) is 5.75 Å². The van der Waals surface area contributed by atoms with Gasteiger partial charge in [0.2, 0.25) is 0 Å². The predicted octanol–water partition coefficient (Wildman–Crippen LogP) is 2.14. The summed E-state index contributed by atoms with van der Waals surface area (Å²) in [4.78, 5) is 14.8. The number of nitrogens with zero attached hydrogens (tertiary/aromatic N) is 1. The van der Waals surface area contributed by atoms with Crippen LogP contribution in [0.1, 0.15) is 16.7 Å². The van der Waals surface area contributed by atoms with Crippen molar-refractivity contribution < 1.29 is 9.53 Å². The second kappa shape index (κ2) is 5.28. The summed E-state index contributed by atoms with van der Waals surface area (Å²) < 4.78 is 5.59. The van der Waals surface area contributed by atoms with E-state index in [0.717, 1.165) is 28.9 Å². The van der Waals surface area contributed by atoms with E-state index in [9.17, 15) is 4.79 Å². The van der Waals surface area contributed by atoms with Crippen LogP contribution in [0, 0.1) is 0 Å². The van der Waals surface area contributed by atoms with E-state index in [4.69, 9.17) is 4.74 Å². The van der Waals surface area contributed by atoms with Crippen LogP contribution in [0.2, 0.25) is 0 Å². The lowest BCUT2D eigenvalue weighted by Gasteiger charge is -2.29. The summed E-state index contributed by atoms with van der Waals surface area (Å²) in [5.74, 6) is 0.917. The number of rotatable bonds is 2. The Kier molecular flexibility index (Phi) is 3.36. The minimum Gasteiger partial charge on any atom is -0.493 e. The molecule has 0 aromatic heterocycles. The summed E-state index contributed by atoms with van der Waals surface area (Å²) in [7, 11) is 1.77. The molecular weight excluding hydrogens is 308 g/mol. The Balaban J connectivity index is 1.92. The van der Waals surface area contributed by atoms with Gasteiger partial charge in [-0.2, -0.15) is 0 Å². The van der Waals surface area contributed by atoms with Crippen LogP contribution in [0.4, 0.5) is 0 Å². The van der Waals surface area contributed by atoms with Crippen molar-refractivity contribution >= 4 is 18.5 Å². The first-order valence-electron chi connectivity index (χ1n) is 7.68. The van der Waals surface area contributed by atoms with Crippen LogP contribution < -0.4 is 10.1 Å². The Bertz CT molecular complexity index is 765. The molecule has 2 heterocycles. The maximum Gasteiger partial charge on any atom is 0.253 e. The molecule has 2 atom stereocenters. The molecule has 1 saturated heterocycles. The molecular formula is C18H18N2O2S. The van der Waals surface area contributed by atoms with Gasteiger partial charge in [-0.25, -0.2) is 0 Å². The second-order valence-corrected chi connectivity index (χ2v) is 6.46. The van der Waals surface area contributed by atoms with E-state index in [2.05, 4.69) is 24.0 Å². The van der Waals surface area contributed by atoms with Crippen molar-refractivity contribution in [3.05, 3.63) is 65.2 Å². The van der Waals surface area contributed by atoms with E-state index >= 15 is 0 Å². The summed E-state index contributed by atoms with van der Waals surface area (Å²) in [6.07, 6.45) is 0.877. The average Bonchev–Trinajstić information content (AvgIpc) is 3.14.